The number of carbonyl (C=O) groups excluding carboxylic acids is 1. The fourth-order valence-corrected chi connectivity index (χ4v) is 4.38. The summed E-state index contributed by atoms with van der Waals surface area (Å²) in [6, 6.07) is 3.82. The molecule has 1 N–H and O–H groups in total. The minimum Gasteiger partial charge on any atom is -0.465 e. The third-order valence-electron chi connectivity index (χ3n) is 4.82. The Bertz CT molecular complexity index is 1100. The van der Waals surface area contributed by atoms with Crippen LogP contribution < -0.4 is 5.56 Å². The van der Waals surface area contributed by atoms with Gasteiger partial charge in [0.25, 0.3) is 5.56 Å². The number of carbonyl (C=O) groups is 1. The first kappa shape index (κ1) is 16.5. The molecule has 26 heavy (non-hydrogen) atoms. The summed E-state index contributed by atoms with van der Waals surface area (Å²) in [6.07, 6.45) is 5.69. The highest BCUT2D eigenvalue weighted by molar-refractivity contribution is 7.12. The molecular formula is C18H16N4O3S. The molecule has 132 valence electrons. The van der Waals surface area contributed by atoms with E-state index >= 15 is 0 Å². The SMILES string of the molecule is COC(=O)c1cc(-n2nc(C3CCCC3)c3c(C#N)c[nH]c(=O)c32)cs1. The minimum atomic E-state index is -0.430. The molecule has 0 spiro atoms. The smallest absolute Gasteiger partial charge is 0.348 e. The van der Waals surface area contributed by atoms with Crippen molar-refractivity contribution < 1.29 is 9.53 Å². The number of fused-ring (bicyclic) bond motifs is 1. The number of ether oxygens (including phenoxy) is 1. The lowest BCUT2D eigenvalue weighted by atomic mass is 9.99. The molecule has 1 aliphatic carbocycles. The molecule has 0 aliphatic heterocycles. The fraction of sp³-hybridized carbons (Fsp3) is 0.333. The number of hydrogen-bond donors (Lipinski definition) is 1. The van der Waals surface area contributed by atoms with Crippen LogP contribution in [0.2, 0.25) is 0 Å². The van der Waals surface area contributed by atoms with Crippen molar-refractivity contribution in [3.8, 4) is 11.8 Å². The lowest BCUT2D eigenvalue weighted by molar-refractivity contribution is 0.0606. The second-order valence-electron chi connectivity index (χ2n) is 6.31. The number of H-pyrrole nitrogens is 1. The Hall–Kier alpha value is -2.92. The van der Waals surface area contributed by atoms with Crippen molar-refractivity contribution in [3.63, 3.8) is 0 Å². The Kier molecular flexibility index (Phi) is 4.09. The quantitative estimate of drug-likeness (QED) is 0.716. The third-order valence-corrected chi connectivity index (χ3v) is 5.72. The highest BCUT2D eigenvalue weighted by atomic mass is 32.1. The number of nitrogens with zero attached hydrogens (tertiary/aromatic N) is 3. The van der Waals surface area contributed by atoms with Crippen LogP contribution in [0.25, 0.3) is 16.6 Å². The van der Waals surface area contributed by atoms with E-state index in [-0.39, 0.29) is 11.5 Å². The third kappa shape index (κ3) is 2.52. The number of aromatic amines is 1. The zero-order valence-electron chi connectivity index (χ0n) is 14.1. The molecule has 4 rings (SSSR count). The van der Waals surface area contributed by atoms with Crippen molar-refractivity contribution in [1.29, 1.82) is 5.26 Å². The van der Waals surface area contributed by atoms with E-state index in [0.717, 1.165) is 31.4 Å². The number of aromatic nitrogens is 3. The Morgan fingerprint density at radius 2 is 2.23 bits per heavy atom. The number of pyridine rings is 1. The summed E-state index contributed by atoms with van der Waals surface area (Å²) in [5, 5.41) is 16.6. The van der Waals surface area contributed by atoms with Crippen LogP contribution >= 0.6 is 11.3 Å². The first-order valence-electron chi connectivity index (χ1n) is 8.35. The average molecular weight is 368 g/mol. The normalized spacial score (nSPS) is 14.6. The van der Waals surface area contributed by atoms with Gasteiger partial charge in [0, 0.05) is 22.9 Å². The van der Waals surface area contributed by atoms with Crippen molar-refractivity contribution in [2.75, 3.05) is 7.11 Å². The fourth-order valence-electron chi connectivity index (χ4n) is 3.59. The largest absolute Gasteiger partial charge is 0.465 e. The van der Waals surface area contributed by atoms with Crippen LogP contribution in [0.3, 0.4) is 0 Å². The molecule has 3 aromatic rings. The number of nitrogens with one attached hydrogen (secondary N) is 1. The molecule has 0 unspecified atom stereocenters. The van der Waals surface area contributed by atoms with Crippen molar-refractivity contribution >= 4 is 28.2 Å². The van der Waals surface area contributed by atoms with Crippen LogP contribution in [0.5, 0.6) is 0 Å². The predicted molar refractivity (Wildman–Crippen MR) is 96.8 cm³/mol. The predicted octanol–water partition coefficient (Wildman–Crippen LogP) is 3.09. The number of thiophene rings is 1. The number of rotatable bonds is 3. The van der Waals surface area contributed by atoms with E-state index in [1.165, 1.54) is 24.6 Å². The lowest BCUT2D eigenvalue weighted by Crippen LogP contribution is -2.10. The highest BCUT2D eigenvalue weighted by Gasteiger charge is 2.27. The van der Waals surface area contributed by atoms with Crippen LogP contribution in [-0.4, -0.2) is 27.8 Å². The first-order chi connectivity index (χ1) is 12.6. The number of hydrogen-bond acceptors (Lipinski definition) is 6. The van der Waals surface area contributed by atoms with Gasteiger partial charge in [-0.3, -0.25) is 4.79 Å². The van der Waals surface area contributed by atoms with E-state index in [4.69, 9.17) is 9.84 Å². The summed E-state index contributed by atoms with van der Waals surface area (Å²) >= 11 is 1.23. The van der Waals surface area contributed by atoms with Gasteiger partial charge in [-0.05, 0) is 18.9 Å². The van der Waals surface area contributed by atoms with E-state index in [2.05, 4.69) is 11.1 Å². The van der Waals surface area contributed by atoms with Gasteiger partial charge in [-0.1, -0.05) is 12.8 Å². The second-order valence-corrected chi connectivity index (χ2v) is 7.22. The average Bonchev–Trinajstić information content (AvgIpc) is 3.39. The summed E-state index contributed by atoms with van der Waals surface area (Å²) in [5.41, 5.74) is 1.87. The first-order valence-corrected chi connectivity index (χ1v) is 9.23. The van der Waals surface area contributed by atoms with Gasteiger partial charge in [-0.25, -0.2) is 9.48 Å². The summed E-state index contributed by atoms with van der Waals surface area (Å²) in [5.74, 6) is -0.188. The van der Waals surface area contributed by atoms with Gasteiger partial charge in [-0.2, -0.15) is 10.4 Å². The number of methoxy groups -OCH3 is 1. The van der Waals surface area contributed by atoms with E-state index < -0.39 is 5.97 Å². The molecule has 0 radical (unpaired) electrons. The Morgan fingerprint density at radius 3 is 2.92 bits per heavy atom. The van der Waals surface area contributed by atoms with Crippen molar-refractivity contribution in [2.45, 2.75) is 31.6 Å². The van der Waals surface area contributed by atoms with Crippen LogP contribution in [0.15, 0.2) is 22.4 Å². The lowest BCUT2D eigenvalue weighted by Gasteiger charge is -2.05. The molecule has 3 aromatic heterocycles. The Morgan fingerprint density at radius 1 is 1.46 bits per heavy atom. The van der Waals surface area contributed by atoms with Crippen LogP contribution in [0.4, 0.5) is 0 Å². The molecule has 8 heteroatoms. The molecule has 1 saturated carbocycles. The molecule has 0 amide bonds. The van der Waals surface area contributed by atoms with Gasteiger partial charge in [0.05, 0.1) is 24.1 Å². The van der Waals surface area contributed by atoms with Gasteiger partial charge < -0.3 is 9.72 Å². The molecule has 1 fully saturated rings. The number of nitriles is 1. The van der Waals surface area contributed by atoms with Gasteiger partial charge in [0.1, 0.15) is 16.5 Å². The van der Waals surface area contributed by atoms with Gasteiger partial charge in [0.15, 0.2) is 0 Å². The molecule has 0 bridgehead atoms. The van der Waals surface area contributed by atoms with Crippen LogP contribution in [-0.2, 0) is 4.74 Å². The summed E-state index contributed by atoms with van der Waals surface area (Å²) in [4.78, 5) is 27.4. The molecule has 1 aliphatic rings. The zero-order chi connectivity index (χ0) is 18.3. The molecule has 0 saturated heterocycles. The summed E-state index contributed by atoms with van der Waals surface area (Å²) in [6.45, 7) is 0. The molecule has 0 aromatic carbocycles. The van der Waals surface area contributed by atoms with E-state index in [0.29, 0.717) is 27.0 Å². The molecule has 7 nitrogen and oxygen atoms in total. The number of esters is 1. The second kappa shape index (κ2) is 6.42. The van der Waals surface area contributed by atoms with E-state index in [1.54, 1.807) is 16.1 Å². The minimum absolute atomic E-state index is 0.242. The van der Waals surface area contributed by atoms with Gasteiger partial charge >= 0.3 is 5.97 Å². The standard InChI is InChI=1S/C18H16N4O3S/c1-25-18(24)13-6-12(9-26-13)22-16-14(11(7-19)8-20-17(16)23)15(21-22)10-4-2-3-5-10/h6,8-10H,2-5H2,1H3,(H,20,23). The summed E-state index contributed by atoms with van der Waals surface area (Å²) < 4.78 is 6.30. The van der Waals surface area contributed by atoms with Gasteiger partial charge in [0.2, 0.25) is 0 Å². The van der Waals surface area contributed by atoms with E-state index in [1.807, 2.05) is 0 Å². The van der Waals surface area contributed by atoms with Crippen molar-refractivity contribution in [1.82, 2.24) is 14.8 Å². The monoisotopic (exact) mass is 368 g/mol. The van der Waals surface area contributed by atoms with E-state index in [9.17, 15) is 14.9 Å². The van der Waals surface area contributed by atoms with Crippen LogP contribution in [0.1, 0.15) is 52.5 Å². The Balaban J connectivity index is 1.98. The molecular weight excluding hydrogens is 352 g/mol. The Labute approximate surface area is 152 Å². The molecule has 3 heterocycles. The van der Waals surface area contributed by atoms with Crippen LogP contribution in [0, 0.1) is 11.3 Å². The molecule has 0 atom stereocenters. The van der Waals surface area contributed by atoms with Crippen molar-refractivity contribution in [2.24, 2.45) is 0 Å². The summed E-state index contributed by atoms with van der Waals surface area (Å²) in [7, 11) is 1.33. The van der Waals surface area contributed by atoms with Gasteiger partial charge in [-0.15, -0.1) is 11.3 Å². The maximum absolute atomic E-state index is 12.6. The van der Waals surface area contributed by atoms with Crippen molar-refractivity contribution in [3.05, 3.63) is 44.1 Å². The maximum atomic E-state index is 12.6. The topological polar surface area (TPSA) is 101 Å². The zero-order valence-corrected chi connectivity index (χ0v) is 14.9. The maximum Gasteiger partial charge on any atom is 0.348 e. The highest BCUT2D eigenvalue weighted by Crippen LogP contribution is 2.38.